The molecule has 2 N–H and O–H groups in total. The van der Waals surface area contributed by atoms with Gasteiger partial charge in [0, 0.05) is 30.7 Å². The van der Waals surface area contributed by atoms with Crippen LogP contribution in [0.1, 0.15) is 69.1 Å². The lowest BCUT2D eigenvalue weighted by molar-refractivity contribution is -0.00291. The number of carbonyl (C=O) groups is 1. The molecule has 0 bridgehead atoms. The summed E-state index contributed by atoms with van der Waals surface area (Å²) in [6.45, 7) is 10.5. The SMILES string of the molecule is CC(C)(C)c1cc(C(=O)N2CCC[C@@](O)(CN3CCCC3)CC2)n[nH]1. The number of aromatic amines is 1. The zero-order valence-electron chi connectivity index (χ0n) is 15.8. The number of amides is 1. The molecule has 2 fully saturated rings. The Morgan fingerprint density at radius 2 is 1.92 bits per heavy atom. The molecule has 1 aromatic heterocycles. The van der Waals surface area contributed by atoms with Crippen LogP contribution in [0.25, 0.3) is 0 Å². The second-order valence-corrected chi connectivity index (χ2v) is 8.77. The smallest absolute Gasteiger partial charge is 0.274 e. The Kier molecular flexibility index (Phi) is 5.21. The van der Waals surface area contributed by atoms with E-state index in [0.29, 0.717) is 25.2 Å². The Morgan fingerprint density at radius 1 is 1.20 bits per heavy atom. The molecule has 0 saturated carbocycles. The van der Waals surface area contributed by atoms with Gasteiger partial charge >= 0.3 is 0 Å². The minimum absolute atomic E-state index is 0.0304. The zero-order chi connectivity index (χ0) is 18.1. The van der Waals surface area contributed by atoms with E-state index in [9.17, 15) is 9.90 Å². The van der Waals surface area contributed by atoms with Gasteiger partial charge in [-0.25, -0.2) is 0 Å². The van der Waals surface area contributed by atoms with E-state index < -0.39 is 5.60 Å². The summed E-state index contributed by atoms with van der Waals surface area (Å²) in [7, 11) is 0. The van der Waals surface area contributed by atoms with Crippen LogP contribution in [0.4, 0.5) is 0 Å². The summed E-state index contributed by atoms with van der Waals surface area (Å²) in [6, 6.07) is 1.86. The Balaban J connectivity index is 1.62. The lowest BCUT2D eigenvalue weighted by atomic mass is 9.92. The summed E-state index contributed by atoms with van der Waals surface area (Å²) in [6.07, 6.45) is 4.71. The van der Waals surface area contributed by atoms with Crippen molar-refractivity contribution in [1.82, 2.24) is 20.0 Å². The summed E-state index contributed by atoms with van der Waals surface area (Å²) in [5, 5.41) is 18.2. The number of likely N-dealkylation sites (tertiary alicyclic amines) is 2. The fraction of sp³-hybridized carbons (Fsp3) is 0.789. The van der Waals surface area contributed by atoms with Crippen molar-refractivity contribution in [2.75, 3.05) is 32.7 Å². The standard InChI is InChI=1S/C19H32N4O2/c1-18(2,3)16-13-15(20-21-16)17(24)23-11-6-7-19(25,8-12-23)14-22-9-4-5-10-22/h13,25H,4-12,14H2,1-3H3,(H,20,21)/t19-/m0/s1. The number of rotatable bonds is 3. The molecule has 3 heterocycles. The van der Waals surface area contributed by atoms with Gasteiger partial charge in [0.15, 0.2) is 0 Å². The molecule has 1 aromatic rings. The molecule has 2 aliphatic rings. The van der Waals surface area contributed by atoms with Crippen LogP contribution in [0.2, 0.25) is 0 Å². The highest BCUT2D eigenvalue weighted by Crippen LogP contribution is 2.26. The van der Waals surface area contributed by atoms with E-state index in [1.807, 2.05) is 11.0 Å². The van der Waals surface area contributed by atoms with Crippen LogP contribution >= 0.6 is 0 Å². The maximum atomic E-state index is 12.8. The highest BCUT2D eigenvalue weighted by atomic mass is 16.3. The monoisotopic (exact) mass is 348 g/mol. The zero-order valence-corrected chi connectivity index (χ0v) is 15.8. The van der Waals surface area contributed by atoms with Crippen molar-refractivity contribution < 1.29 is 9.90 Å². The van der Waals surface area contributed by atoms with Crippen molar-refractivity contribution in [2.24, 2.45) is 0 Å². The maximum absolute atomic E-state index is 12.8. The Bertz CT molecular complexity index is 601. The third-order valence-electron chi connectivity index (χ3n) is 5.53. The third kappa shape index (κ3) is 4.42. The first-order chi connectivity index (χ1) is 11.8. The maximum Gasteiger partial charge on any atom is 0.274 e. The number of hydrogen-bond donors (Lipinski definition) is 2. The molecule has 6 nitrogen and oxygen atoms in total. The van der Waals surface area contributed by atoms with Crippen molar-refractivity contribution in [3.8, 4) is 0 Å². The number of nitrogens with one attached hydrogen (secondary N) is 1. The molecule has 1 atom stereocenters. The van der Waals surface area contributed by atoms with Crippen LogP contribution in [0.5, 0.6) is 0 Å². The summed E-state index contributed by atoms with van der Waals surface area (Å²) in [5.74, 6) is -0.0304. The molecule has 6 heteroatoms. The van der Waals surface area contributed by atoms with Crippen LogP contribution in [0.15, 0.2) is 6.07 Å². The summed E-state index contributed by atoms with van der Waals surface area (Å²) < 4.78 is 0. The van der Waals surface area contributed by atoms with Gasteiger partial charge in [-0.3, -0.25) is 9.89 Å². The molecular formula is C19H32N4O2. The van der Waals surface area contributed by atoms with Gasteiger partial charge in [-0.15, -0.1) is 0 Å². The second kappa shape index (κ2) is 7.08. The fourth-order valence-electron chi connectivity index (χ4n) is 3.87. The molecule has 2 aliphatic heterocycles. The van der Waals surface area contributed by atoms with Gasteiger partial charge in [0.2, 0.25) is 0 Å². The molecule has 140 valence electrons. The van der Waals surface area contributed by atoms with Crippen molar-refractivity contribution >= 4 is 5.91 Å². The van der Waals surface area contributed by atoms with E-state index in [1.54, 1.807) is 0 Å². The largest absolute Gasteiger partial charge is 0.388 e. The predicted molar refractivity (Wildman–Crippen MR) is 97.7 cm³/mol. The Labute approximate surface area is 150 Å². The van der Waals surface area contributed by atoms with Crippen LogP contribution < -0.4 is 0 Å². The Hall–Kier alpha value is -1.40. The fourth-order valence-corrected chi connectivity index (χ4v) is 3.87. The molecule has 25 heavy (non-hydrogen) atoms. The van der Waals surface area contributed by atoms with Gasteiger partial charge in [-0.2, -0.15) is 5.10 Å². The number of H-pyrrole nitrogens is 1. The van der Waals surface area contributed by atoms with Gasteiger partial charge in [0.05, 0.1) is 5.60 Å². The normalized spacial score (nSPS) is 26.0. The average Bonchev–Trinajstić information content (AvgIpc) is 3.17. The lowest BCUT2D eigenvalue weighted by Gasteiger charge is -2.31. The summed E-state index contributed by atoms with van der Waals surface area (Å²) >= 11 is 0. The predicted octanol–water partition coefficient (Wildman–Crippen LogP) is 2.16. The van der Waals surface area contributed by atoms with Crippen molar-refractivity contribution in [3.05, 3.63) is 17.5 Å². The van der Waals surface area contributed by atoms with Crippen LogP contribution in [-0.4, -0.2) is 69.3 Å². The number of carbonyl (C=O) groups excluding carboxylic acids is 1. The molecule has 3 rings (SSSR count). The molecular weight excluding hydrogens is 316 g/mol. The van der Waals surface area contributed by atoms with E-state index in [1.165, 1.54) is 12.8 Å². The van der Waals surface area contributed by atoms with Gasteiger partial charge in [0.1, 0.15) is 5.69 Å². The van der Waals surface area contributed by atoms with E-state index in [4.69, 9.17) is 0 Å². The van der Waals surface area contributed by atoms with E-state index in [-0.39, 0.29) is 11.3 Å². The molecule has 0 aliphatic carbocycles. The summed E-state index contributed by atoms with van der Waals surface area (Å²) in [4.78, 5) is 17.0. The van der Waals surface area contributed by atoms with Gasteiger partial charge in [0.25, 0.3) is 5.91 Å². The average molecular weight is 348 g/mol. The molecule has 1 amide bonds. The van der Waals surface area contributed by atoms with Gasteiger partial charge in [-0.05, 0) is 51.3 Å². The van der Waals surface area contributed by atoms with E-state index >= 15 is 0 Å². The minimum Gasteiger partial charge on any atom is -0.388 e. The van der Waals surface area contributed by atoms with Crippen molar-refractivity contribution in [3.63, 3.8) is 0 Å². The first-order valence-electron chi connectivity index (χ1n) is 9.57. The highest BCUT2D eigenvalue weighted by molar-refractivity contribution is 5.92. The summed E-state index contributed by atoms with van der Waals surface area (Å²) in [5.41, 5.74) is 0.730. The first-order valence-corrected chi connectivity index (χ1v) is 9.57. The Morgan fingerprint density at radius 3 is 2.56 bits per heavy atom. The minimum atomic E-state index is -0.665. The van der Waals surface area contributed by atoms with Gasteiger partial charge < -0.3 is 14.9 Å². The van der Waals surface area contributed by atoms with Crippen molar-refractivity contribution in [1.29, 1.82) is 0 Å². The molecule has 0 unspecified atom stereocenters. The van der Waals surface area contributed by atoms with Crippen LogP contribution in [-0.2, 0) is 5.41 Å². The number of β-amino-alcohol motifs (C(OH)–C–C–N with tert-alkyl or cyclic N) is 1. The quantitative estimate of drug-likeness (QED) is 0.878. The van der Waals surface area contributed by atoms with Crippen LogP contribution in [0.3, 0.4) is 0 Å². The number of hydrogen-bond acceptors (Lipinski definition) is 4. The molecule has 0 aromatic carbocycles. The first kappa shape index (κ1) is 18.4. The number of aliphatic hydroxyl groups is 1. The van der Waals surface area contributed by atoms with E-state index in [2.05, 4.69) is 35.9 Å². The highest BCUT2D eigenvalue weighted by Gasteiger charge is 2.34. The molecule has 2 saturated heterocycles. The van der Waals surface area contributed by atoms with Crippen molar-refractivity contribution in [2.45, 2.75) is 63.9 Å². The number of aromatic nitrogens is 2. The van der Waals surface area contributed by atoms with Crippen LogP contribution in [0, 0.1) is 0 Å². The lowest BCUT2D eigenvalue weighted by Crippen LogP contribution is -2.43. The van der Waals surface area contributed by atoms with Gasteiger partial charge in [-0.1, -0.05) is 20.8 Å². The second-order valence-electron chi connectivity index (χ2n) is 8.77. The molecule has 0 radical (unpaired) electrons. The van der Waals surface area contributed by atoms with E-state index in [0.717, 1.165) is 38.2 Å². The molecule has 0 spiro atoms. The third-order valence-corrected chi connectivity index (χ3v) is 5.53. The topological polar surface area (TPSA) is 72.5 Å². The number of nitrogens with zero attached hydrogens (tertiary/aromatic N) is 3.